The van der Waals surface area contributed by atoms with Crippen LogP contribution in [-0.4, -0.2) is 19.7 Å². The normalized spacial score (nSPS) is 10.2. The Morgan fingerprint density at radius 2 is 1.52 bits per heavy atom. The largest absolute Gasteiger partial charge is 0.492 e. The first-order valence-electron chi connectivity index (χ1n) is 7.48. The number of rotatable bonds is 7. The van der Waals surface area contributed by atoms with E-state index in [0.717, 1.165) is 24.5 Å². The van der Waals surface area contributed by atoms with Gasteiger partial charge >= 0.3 is 0 Å². The van der Waals surface area contributed by atoms with E-state index in [-0.39, 0.29) is 0 Å². The second kappa shape index (κ2) is 7.58. The molecule has 21 heavy (non-hydrogen) atoms. The van der Waals surface area contributed by atoms with Crippen molar-refractivity contribution < 1.29 is 4.74 Å². The highest BCUT2D eigenvalue weighted by Gasteiger charge is 2.02. The molecule has 0 saturated carbocycles. The molecule has 3 heteroatoms. The van der Waals surface area contributed by atoms with Crippen molar-refractivity contribution in [1.82, 2.24) is 0 Å². The van der Waals surface area contributed by atoms with Gasteiger partial charge in [-0.1, -0.05) is 30.3 Å². The van der Waals surface area contributed by atoms with Gasteiger partial charge in [-0.15, -0.1) is 0 Å². The van der Waals surface area contributed by atoms with Gasteiger partial charge in [0.2, 0.25) is 0 Å². The molecule has 0 amide bonds. The molecule has 0 aromatic heterocycles. The fourth-order valence-electron chi connectivity index (χ4n) is 2.37. The molecule has 0 spiro atoms. The number of hydrogen-bond acceptors (Lipinski definition) is 3. The predicted molar refractivity (Wildman–Crippen MR) is 90.5 cm³/mol. The molecule has 2 aromatic carbocycles. The summed E-state index contributed by atoms with van der Waals surface area (Å²) in [4.78, 5) is 0. The maximum Gasteiger partial charge on any atom is 0.142 e. The van der Waals surface area contributed by atoms with Crippen molar-refractivity contribution in [2.45, 2.75) is 20.8 Å². The van der Waals surface area contributed by atoms with Gasteiger partial charge in [0.15, 0.2) is 0 Å². The Morgan fingerprint density at radius 1 is 0.857 bits per heavy atom. The molecular weight excluding hydrogens is 260 g/mol. The minimum atomic E-state index is 0.680. The summed E-state index contributed by atoms with van der Waals surface area (Å²) in [5.41, 5.74) is 4.84. The van der Waals surface area contributed by atoms with E-state index in [2.05, 4.69) is 42.7 Å². The molecule has 0 saturated heterocycles. The van der Waals surface area contributed by atoms with Crippen LogP contribution in [0.4, 0.5) is 11.4 Å². The molecule has 112 valence electrons. The summed E-state index contributed by atoms with van der Waals surface area (Å²) < 4.78 is 5.61. The molecule has 2 rings (SSSR count). The Labute approximate surface area is 127 Å². The Kier molecular flexibility index (Phi) is 5.50. The third kappa shape index (κ3) is 4.15. The zero-order chi connectivity index (χ0) is 15.1. The van der Waals surface area contributed by atoms with Crippen LogP contribution < -0.4 is 15.4 Å². The number of aryl methyl sites for hydroxylation is 2. The van der Waals surface area contributed by atoms with Crippen molar-refractivity contribution in [3.05, 3.63) is 53.6 Å². The summed E-state index contributed by atoms with van der Waals surface area (Å²) in [6.07, 6.45) is 0. The molecule has 0 heterocycles. The lowest BCUT2D eigenvalue weighted by atomic mass is 10.1. The molecule has 0 unspecified atom stereocenters. The number of benzene rings is 2. The highest BCUT2D eigenvalue weighted by molar-refractivity contribution is 5.58. The van der Waals surface area contributed by atoms with E-state index in [1.165, 1.54) is 16.8 Å². The van der Waals surface area contributed by atoms with E-state index in [4.69, 9.17) is 4.74 Å². The van der Waals surface area contributed by atoms with Gasteiger partial charge in [0, 0.05) is 18.8 Å². The van der Waals surface area contributed by atoms with Crippen molar-refractivity contribution >= 4 is 11.4 Å². The monoisotopic (exact) mass is 284 g/mol. The van der Waals surface area contributed by atoms with Gasteiger partial charge in [0.05, 0.1) is 12.3 Å². The molecule has 0 aliphatic heterocycles. The van der Waals surface area contributed by atoms with Crippen molar-refractivity contribution in [3.63, 3.8) is 0 Å². The fourth-order valence-corrected chi connectivity index (χ4v) is 2.37. The fraction of sp³-hybridized carbons (Fsp3) is 0.333. The van der Waals surface area contributed by atoms with Crippen molar-refractivity contribution in [2.24, 2.45) is 0 Å². The SMILES string of the molecule is CCOc1ccccc1NCCNc1c(C)cccc1C. The van der Waals surface area contributed by atoms with Crippen LogP contribution in [0.25, 0.3) is 0 Å². The van der Waals surface area contributed by atoms with E-state index in [9.17, 15) is 0 Å². The molecule has 3 nitrogen and oxygen atoms in total. The zero-order valence-electron chi connectivity index (χ0n) is 13.1. The Hall–Kier alpha value is -2.16. The summed E-state index contributed by atoms with van der Waals surface area (Å²) >= 11 is 0. The lowest BCUT2D eigenvalue weighted by Crippen LogP contribution is -2.15. The van der Waals surface area contributed by atoms with Gasteiger partial charge in [-0.2, -0.15) is 0 Å². The Bertz CT molecular complexity index is 561. The first kappa shape index (κ1) is 15.2. The quantitative estimate of drug-likeness (QED) is 0.747. The van der Waals surface area contributed by atoms with Crippen LogP contribution in [0.15, 0.2) is 42.5 Å². The number of nitrogens with one attached hydrogen (secondary N) is 2. The maximum atomic E-state index is 5.61. The lowest BCUT2D eigenvalue weighted by Gasteiger charge is -2.15. The molecule has 0 aliphatic carbocycles. The van der Waals surface area contributed by atoms with Crippen molar-refractivity contribution in [1.29, 1.82) is 0 Å². The van der Waals surface area contributed by atoms with E-state index in [0.29, 0.717) is 6.61 Å². The molecule has 0 radical (unpaired) electrons. The minimum absolute atomic E-state index is 0.680. The molecule has 2 N–H and O–H groups in total. The number of ether oxygens (including phenoxy) is 1. The average Bonchev–Trinajstić information content (AvgIpc) is 2.48. The molecule has 2 aromatic rings. The number of para-hydroxylation sites is 3. The number of anilines is 2. The lowest BCUT2D eigenvalue weighted by molar-refractivity contribution is 0.342. The molecule has 0 bridgehead atoms. The Balaban J connectivity index is 1.88. The summed E-state index contributed by atoms with van der Waals surface area (Å²) in [7, 11) is 0. The van der Waals surface area contributed by atoms with E-state index in [1.54, 1.807) is 0 Å². The average molecular weight is 284 g/mol. The van der Waals surface area contributed by atoms with E-state index >= 15 is 0 Å². The van der Waals surface area contributed by atoms with Crippen LogP contribution in [0.1, 0.15) is 18.1 Å². The highest BCUT2D eigenvalue weighted by atomic mass is 16.5. The van der Waals surface area contributed by atoms with Gasteiger partial charge in [0.25, 0.3) is 0 Å². The predicted octanol–water partition coefficient (Wildman–Crippen LogP) is 4.23. The number of hydrogen-bond donors (Lipinski definition) is 2. The van der Waals surface area contributed by atoms with E-state index < -0.39 is 0 Å². The first-order chi connectivity index (χ1) is 10.2. The Morgan fingerprint density at radius 3 is 2.24 bits per heavy atom. The standard InChI is InChI=1S/C18H24N2O/c1-4-21-17-11-6-5-10-16(17)19-12-13-20-18-14(2)8-7-9-15(18)3/h5-11,19-20H,4,12-13H2,1-3H3. The zero-order valence-corrected chi connectivity index (χ0v) is 13.1. The van der Waals surface area contributed by atoms with Crippen LogP contribution in [0.2, 0.25) is 0 Å². The maximum absolute atomic E-state index is 5.61. The minimum Gasteiger partial charge on any atom is -0.492 e. The molecule has 0 aliphatic rings. The van der Waals surface area contributed by atoms with Crippen molar-refractivity contribution in [3.8, 4) is 5.75 Å². The van der Waals surface area contributed by atoms with Crippen LogP contribution in [0.5, 0.6) is 5.75 Å². The van der Waals surface area contributed by atoms with Crippen LogP contribution in [0.3, 0.4) is 0 Å². The van der Waals surface area contributed by atoms with Gasteiger partial charge in [-0.3, -0.25) is 0 Å². The molecule has 0 atom stereocenters. The van der Waals surface area contributed by atoms with E-state index in [1.807, 2.05) is 31.2 Å². The summed E-state index contributed by atoms with van der Waals surface area (Å²) in [5.74, 6) is 0.909. The van der Waals surface area contributed by atoms with Gasteiger partial charge < -0.3 is 15.4 Å². The third-order valence-corrected chi connectivity index (χ3v) is 3.41. The van der Waals surface area contributed by atoms with Crippen molar-refractivity contribution in [2.75, 3.05) is 30.3 Å². The topological polar surface area (TPSA) is 33.3 Å². The molecular formula is C18H24N2O. The van der Waals surface area contributed by atoms with Gasteiger partial charge in [-0.05, 0) is 44.0 Å². The first-order valence-corrected chi connectivity index (χ1v) is 7.48. The van der Waals surface area contributed by atoms with Gasteiger partial charge in [0.1, 0.15) is 5.75 Å². The van der Waals surface area contributed by atoms with Gasteiger partial charge in [-0.25, -0.2) is 0 Å². The highest BCUT2D eigenvalue weighted by Crippen LogP contribution is 2.23. The summed E-state index contributed by atoms with van der Waals surface area (Å²) in [5, 5.41) is 6.92. The second-order valence-electron chi connectivity index (χ2n) is 5.05. The third-order valence-electron chi connectivity index (χ3n) is 3.41. The smallest absolute Gasteiger partial charge is 0.142 e. The van der Waals surface area contributed by atoms with Crippen LogP contribution in [-0.2, 0) is 0 Å². The summed E-state index contributed by atoms with van der Waals surface area (Å²) in [6.45, 7) is 8.66. The van der Waals surface area contributed by atoms with Crippen LogP contribution in [0, 0.1) is 13.8 Å². The molecule has 0 fully saturated rings. The summed E-state index contributed by atoms with van der Waals surface area (Å²) in [6, 6.07) is 14.4. The van der Waals surface area contributed by atoms with Crippen LogP contribution >= 0.6 is 0 Å². The second-order valence-corrected chi connectivity index (χ2v) is 5.05.